The van der Waals surface area contributed by atoms with Gasteiger partial charge in [0.25, 0.3) is 5.69 Å². The molecule has 0 spiro atoms. The fourth-order valence-corrected chi connectivity index (χ4v) is 2.26. The molecule has 1 aromatic carbocycles. The van der Waals surface area contributed by atoms with Crippen molar-refractivity contribution in [2.24, 2.45) is 0 Å². The number of benzene rings is 1. The molecule has 0 aliphatic rings. The number of nitro groups is 1. The van der Waals surface area contributed by atoms with E-state index in [9.17, 15) is 14.9 Å². The molecule has 7 nitrogen and oxygen atoms in total. The van der Waals surface area contributed by atoms with Crippen LogP contribution in [0.15, 0.2) is 34.9 Å². The minimum absolute atomic E-state index is 0.142. The third kappa shape index (κ3) is 3.22. The Labute approximate surface area is 128 Å². The Morgan fingerprint density at radius 3 is 2.76 bits per heavy atom. The number of nitrogens with zero attached hydrogens (tertiary/aromatic N) is 2. The van der Waals surface area contributed by atoms with Crippen LogP contribution in [0.4, 0.5) is 5.69 Å². The Balaban J connectivity index is 2.43. The van der Waals surface area contributed by atoms with Crippen molar-refractivity contribution in [2.75, 3.05) is 7.11 Å². The van der Waals surface area contributed by atoms with E-state index in [4.69, 9.17) is 9.84 Å². The van der Waals surface area contributed by atoms with E-state index in [1.165, 1.54) is 17.9 Å². The molecule has 1 heterocycles. The lowest BCUT2D eigenvalue weighted by molar-refractivity contribution is -0.384. The quantitative estimate of drug-likeness (QED) is 0.657. The van der Waals surface area contributed by atoms with Gasteiger partial charge in [-0.15, -0.1) is 0 Å². The maximum absolute atomic E-state index is 11.2. The van der Waals surface area contributed by atoms with Gasteiger partial charge in [-0.3, -0.25) is 10.1 Å². The molecule has 0 aliphatic carbocycles. The van der Waals surface area contributed by atoms with E-state index in [2.05, 4.69) is 15.9 Å². The smallest absolute Gasteiger partial charge is 0.352 e. The summed E-state index contributed by atoms with van der Waals surface area (Å²) in [4.78, 5) is 21.3. The van der Waals surface area contributed by atoms with Crippen molar-refractivity contribution >= 4 is 27.6 Å². The Bertz CT molecular complexity index is 711. The van der Waals surface area contributed by atoms with E-state index >= 15 is 0 Å². The highest BCUT2D eigenvalue weighted by atomic mass is 79.9. The number of aromatic carboxylic acids is 1. The highest BCUT2D eigenvalue weighted by Gasteiger charge is 2.19. The molecular weight excluding hydrogens is 344 g/mol. The first kappa shape index (κ1) is 15.0. The number of carboxylic acid groups (broad SMARTS) is 1. The second kappa shape index (κ2) is 5.96. The van der Waals surface area contributed by atoms with Gasteiger partial charge in [-0.2, -0.15) is 0 Å². The predicted octanol–water partition coefficient (Wildman–Crippen LogP) is 2.91. The van der Waals surface area contributed by atoms with Crippen LogP contribution in [0.1, 0.15) is 16.1 Å². The molecule has 0 aliphatic heterocycles. The largest absolute Gasteiger partial charge is 0.497 e. The molecule has 8 heteroatoms. The molecule has 110 valence electrons. The van der Waals surface area contributed by atoms with Crippen LogP contribution in [0.5, 0.6) is 5.75 Å². The van der Waals surface area contributed by atoms with E-state index in [0.717, 1.165) is 16.1 Å². The molecule has 0 bridgehead atoms. The molecule has 0 saturated carbocycles. The van der Waals surface area contributed by atoms with Gasteiger partial charge in [0.15, 0.2) is 0 Å². The lowest BCUT2D eigenvalue weighted by Crippen LogP contribution is -2.08. The summed E-state index contributed by atoms with van der Waals surface area (Å²) in [6, 6.07) is 6.30. The summed E-state index contributed by atoms with van der Waals surface area (Å²) in [7, 11) is 1.52. The highest BCUT2D eigenvalue weighted by molar-refractivity contribution is 9.10. The zero-order chi connectivity index (χ0) is 15.6. The number of carboxylic acids is 1. The molecule has 1 N–H and O–H groups in total. The average Bonchev–Trinajstić information content (AvgIpc) is 2.85. The molecule has 21 heavy (non-hydrogen) atoms. The first-order valence-corrected chi connectivity index (χ1v) is 6.62. The maximum atomic E-state index is 11.2. The van der Waals surface area contributed by atoms with Crippen LogP contribution in [0, 0.1) is 10.1 Å². The van der Waals surface area contributed by atoms with Gasteiger partial charge in [0.2, 0.25) is 0 Å². The fourth-order valence-electron chi connectivity index (χ4n) is 1.89. The van der Waals surface area contributed by atoms with Crippen molar-refractivity contribution in [3.8, 4) is 5.75 Å². The fraction of sp³-hybridized carbons (Fsp3) is 0.154. The van der Waals surface area contributed by atoms with Crippen molar-refractivity contribution in [1.82, 2.24) is 4.57 Å². The Morgan fingerprint density at radius 2 is 2.19 bits per heavy atom. The predicted molar refractivity (Wildman–Crippen MR) is 77.8 cm³/mol. The number of methoxy groups -OCH3 is 1. The van der Waals surface area contributed by atoms with Crippen LogP contribution in [0.3, 0.4) is 0 Å². The van der Waals surface area contributed by atoms with Crippen LogP contribution in [-0.4, -0.2) is 27.7 Å². The van der Waals surface area contributed by atoms with Crippen LogP contribution in [0.25, 0.3) is 0 Å². The van der Waals surface area contributed by atoms with Crippen molar-refractivity contribution in [3.05, 3.63) is 56.3 Å². The summed E-state index contributed by atoms with van der Waals surface area (Å²) in [6.07, 6.45) is 1.20. The molecule has 0 unspecified atom stereocenters. The zero-order valence-corrected chi connectivity index (χ0v) is 12.5. The number of halogens is 1. The number of hydrogen-bond acceptors (Lipinski definition) is 4. The van der Waals surface area contributed by atoms with E-state index < -0.39 is 10.9 Å². The van der Waals surface area contributed by atoms with Gasteiger partial charge < -0.3 is 14.4 Å². The molecule has 2 rings (SSSR count). The van der Waals surface area contributed by atoms with Crippen molar-refractivity contribution in [2.45, 2.75) is 6.54 Å². The van der Waals surface area contributed by atoms with Crippen molar-refractivity contribution in [3.63, 3.8) is 0 Å². The summed E-state index contributed by atoms with van der Waals surface area (Å²) >= 11 is 3.36. The molecule has 0 radical (unpaired) electrons. The second-order valence-electron chi connectivity index (χ2n) is 4.23. The third-order valence-corrected chi connectivity index (χ3v) is 3.68. The Hall–Kier alpha value is -2.35. The normalized spacial score (nSPS) is 10.4. The van der Waals surface area contributed by atoms with Crippen molar-refractivity contribution in [1.29, 1.82) is 0 Å². The zero-order valence-electron chi connectivity index (χ0n) is 10.9. The molecule has 0 amide bonds. The highest BCUT2D eigenvalue weighted by Crippen LogP contribution is 2.25. The topological polar surface area (TPSA) is 94.6 Å². The van der Waals surface area contributed by atoms with E-state index in [-0.39, 0.29) is 17.9 Å². The van der Waals surface area contributed by atoms with Gasteiger partial charge in [-0.1, -0.05) is 15.9 Å². The monoisotopic (exact) mass is 354 g/mol. The molecular formula is C13H11BrN2O5. The van der Waals surface area contributed by atoms with Crippen LogP contribution in [0.2, 0.25) is 0 Å². The number of hydrogen-bond donors (Lipinski definition) is 1. The molecule has 1 aromatic heterocycles. The minimum Gasteiger partial charge on any atom is -0.497 e. The van der Waals surface area contributed by atoms with Gasteiger partial charge in [0, 0.05) is 17.1 Å². The summed E-state index contributed by atoms with van der Waals surface area (Å²) in [6.45, 7) is 0.174. The van der Waals surface area contributed by atoms with Crippen LogP contribution >= 0.6 is 15.9 Å². The third-order valence-electron chi connectivity index (χ3n) is 2.91. The van der Waals surface area contributed by atoms with E-state index in [0.29, 0.717) is 5.75 Å². The van der Waals surface area contributed by atoms with Crippen LogP contribution in [-0.2, 0) is 6.54 Å². The molecule has 0 fully saturated rings. The number of rotatable bonds is 5. The number of ether oxygens (including phenoxy) is 1. The summed E-state index contributed by atoms with van der Waals surface area (Å²) in [5.74, 6) is -0.603. The van der Waals surface area contributed by atoms with Gasteiger partial charge >= 0.3 is 5.97 Å². The van der Waals surface area contributed by atoms with Gasteiger partial charge in [0.05, 0.1) is 18.2 Å². The summed E-state index contributed by atoms with van der Waals surface area (Å²) < 4.78 is 7.19. The lowest BCUT2D eigenvalue weighted by atomic mass is 10.2. The molecule has 0 saturated heterocycles. The minimum atomic E-state index is -1.22. The SMILES string of the molecule is COc1ccc(Br)c(Cn2cc([N+](=O)[O-])cc2C(=O)O)c1. The maximum Gasteiger partial charge on any atom is 0.352 e. The van der Waals surface area contributed by atoms with Crippen LogP contribution < -0.4 is 4.74 Å². The lowest BCUT2D eigenvalue weighted by Gasteiger charge is -2.09. The number of aromatic nitrogens is 1. The summed E-state index contributed by atoms with van der Waals surface area (Å²) in [5, 5.41) is 19.9. The van der Waals surface area contributed by atoms with Gasteiger partial charge in [-0.25, -0.2) is 4.79 Å². The first-order chi connectivity index (χ1) is 9.92. The van der Waals surface area contributed by atoms with E-state index in [1.807, 2.05) is 0 Å². The standard InChI is InChI=1S/C13H11BrN2O5/c1-21-10-2-3-11(14)8(4-10)6-15-7-9(16(19)20)5-12(15)13(17)18/h2-5,7H,6H2,1H3,(H,17,18). The summed E-state index contributed by atoms with van der Waals surface area (Å²) in [5.41, 5.74) is 0.352. The van der Waals surface area contributed by atoms with E-state index in [1.54, 1.807) is 18.2 Å². The Kier molecular flexibility index (Phi) is 4.27. The molecule has 0 atom stereocenters. The number of carbonyl (C=O) groups is 1. The first-order valence-electron chi connectivity index (χ1n) is 5.82. The second-order valence-corrected chi connectivity index (χ2v) is 5.09. The van der Waals surface area contributed by atoms with Gasteiger partial charge in [0.1, 0.15) is 11.4 Å². The average molecular weight is 355 g/mol. The Morgan fingerprint density at radius 1 is 1.48 bits per heavy atom. The molecule has 2 aromatic rings. The van der Waals surface area contributed by atoms with Crippen molar-refractivity contribution < 1.29 is 19.6 Å². The van der Waals surface area contributed by atoms with Gasteiger partial charge in [-0.05, 0) is 23.8 Å².